The molecule has 0 unspecified atom stereocenters. The molecule has 2 aromatic carbocycles. The topological polar surface area (TPSA) is 110 Å². The minimum absolute atomic E-state index is 0.178. The number of aliphatic hydroxyl groups is 1. The summed E-state index contributed by atoms with van der Waals surface area (Å²) < 4.78 is 0. The van der Waals surface area contributed by atoms with E-state index < -0.39 is 29.0 Å². The van der Waals surface area contributed by atoms with Crippen LogP contribution < -0.4 is 5.73 Å². The molecule has 6 heteroatoms. The van der Waals surface area contributed by atoms with Crippen molar-refractivity contribution < 1.29 is 15.1 Å². The Balaban J connectivity index is 2.46. The molecule has 0 spiro atoms. The molecule has 0 heterocycles. The van der Waals surface area contributed by atoms with Crippen LogP contribution in [0.15, 0.2) is 42.5 Å². The van der Waals surface area contributed by atoms with Crippen LogP contribution in [0.4, 0.5) is 5.69 Å². The number of nitro benzene ring substituents is 1. The van der Waals surface area contributed by atoms with E-state index in [9.17, 15) is 15.2 Å². The Morgan fingerprint density at radius 3 is 2.43 bits per heavy atom. The van der Waals surface area contributed by atoms with Crippen molar-refractivity contribution in [3.63, 3.8) is 0 Å². The lowest BCUT2D eigenvalue weighted by Gasteiger charge is -2.13. The van der Waals surface area contributed by atoms with Gasteiger partial charge in [0.25, 0.3) is 0 Å². The van der Waals surface area contributed by atoms with Crippen LogP contribution in [0.1, 0.15) is 22.7 Å². The third-order valence-electron chi connectivity index (χ3n) is 3.22. The molecule has 0 saturated heterocycles. The van der Waals surface area contributed by atoms with E-state index in [2.05, 4.69) is 0 Å². The normalized spacial score (nSPS) is 12.1. The number of phenols is 1. The van der Waals surface area contributed by atoms with Gasteiger partial charge in [0.1, 0.15) is 0 Å². The largest absolute Gasteiger partial charge is 0.502 e. The summed E-state index contributed by atoms with van der Waals surface area (Å²) in [6.07, 6.45) is 0.479. The predicted molar refractivity (Wildman–Crippen MR) is 78.0 cm³/mol. The van der Waals surface area contributed by atoms with Crippen molar-refractivity contribution in [3.05, 3.63) is 69.3 Å². The van der Waals surface area contributed by atoms with E-state index in [0.29, 0.717) is 12.0 Å². The Bertz CT molecular complexity index is 644. The van der Waals surface area contributed by atoms with Crippen molar-refractivity contribution in [2.75, 3.05) is 6.61 Å². The second-order valence-electron chi connectivity index (χ2n) is 4.76. The predicted octanol–water partition coefficient (Wildman–Crippen LogP) is 1.88. The van der Waals surface area contributed by atoms with E-state index in [-0.39, 0.29) is 5.56 Å². The van der Waals surface area contributed by atoms with Gasteiger partial charge in [0, 0.05) is 11.6 Å². The zero-order valence-electron chi connectivity index (χ0n) is 11.3. The van der Waals surface area contributed by atoms with Gasteiger partial charge in [0.05, 0.1) is 17.6 Å². The van der Waals surface area contributed by atoms with Crippen molar-refractivity contribution in [2.24, 2.45) is 5.73 Å². The smallest absolute Gasteiger partial charge is 0.311 e. The highest BCUT2D eigenvalue weighted by molar-refractivity contribution is 5.55. The average Bonchev–Trinajstić information content (AvgIpc) is 2.48. The number of hydrogen-bond donors (Lipinski definition) is 3. The van der Waals surface area contributed by atoms with E-state index in [1.165, 1.54) is 6.07 Å². The molecule has 0 bridgehead atoms. The molecule has 110 valence electrons. The summed E-state index contributed by atoms with van der Waals surface area (Å²) in [6.45, 7) is -0.403. The fourth-order valence-electron chi connectivity index (χ4n) is 2.16. The van der Waals surface area contributed by atoms with Gasteiger partial charge < -0.3 is 15.9 Å². The first kappa shape index (κ1) is 15.0. The lowest BCUT2D eigenvalue weighted by Crippen LogP contribution is -2.15. The number of benzene rings is 2. The van der Waals surface area contributed by atoms with E-state index in [1.54, 1.807) is 6.07 Å². The number of nitro groups is 1. The zero-order valence-corrected chi connectivity index (χ0v) is 11.3. The van der Waals surface area contributed by atoms with E-state index in [4.69, 9.17) is 10.8 Å². The molecule has 1 atom stereocenters. The Kier molecular flexibility index (Phi) is 4.52. The third kappa shape index (κ3) is 3.36. The summed E-state index contributed by atoms with van der Waals surface area (Å²) >= 11 is 0. The van der Waals surface area contributed by atoms with Gasteiger partial charge in [-0.15, -0.1) is 0 Å². The minimum Gasteiger partial charge on any atom is -0.502 e. The maximum absolute atomic E-state index is 11.0. The molecule has 0 radical (unpaired) electrons. The Morgan fingerprint density at radius 1 is 1.19 bits per heavy atom. The zero-order chi connectivity index (χ0) is 15.4. The van der Waals surface area contributed by atoms with Crippen molar-refractivity contribution in [2.45, 2.75) is 12.5 Å². The molecule has 4 N–H and O–H groups in total. The van der Waals surface area contributed by atoms with Gasteiger partial charge in [-0.25, -0.2) is 0 Å². The van der Waals surface area contributed by atoms with Gasteiger partial charge in [0.2, 0.25) is 0 Å². The monoisotopic (exact) mass is 288 g/mol. The molecule has 21 heavy (non-hydrogen) atoms. The molecule has 0 aliphatic rings. The van der Waals surface area contributed by atoms with Gasteiger partial charge in [-0.2, -0.15) is 0 Å². The summed E-state index contributed by atoms with van der Waals surface area (Å²) in [5, 5.41) is 30.1. The molecule has 0 amide bonds. The van der Waals surface area contributed by atoms with Crippen LogP contribution >= 0.6 is 0 Å². The number of aliphatic hydroxyl groups excluding tert-OH is 1. The lowest BCUT2D eigenvalue weighted by atomic mass is 9.98. The Hall–Kier alpha value is -2.44. The molecule has 6 nitrogen and oxygen atoms in total. The van der Waals surface area contributed by atoms with Crippen LogP contribution in [0.3, 0.4) is 0 Å². The van der Waals surface area contributed by atoms with Crippen LogP contribution in [-0.4, -0.2) is 21.7 Å². The van der Waals surface area contributed by atoms with Crippen molar-refractivity contribution in [1.29, 1.82) is 0 Å². The van der Waals surface area contributed by atoms with Crippen molar-refractivity contribution in [1.82, 2.24) is 0 Å². The molecule has 0 aliphatic heterocycles. The van der Waals surface area contributed by atoms with Crippen molar-refractivity contribution in [3.8, 4) is 5.75 Å². The second-order valence-corrected chi connectivity index (χ2v) is 4.76. The van der Waals surface area contributed by atoms with Gasteiger partial charge in [-0.05, 0) is 23.6 Å². The van der Waals surface area contributed by atoms with Gasteiger partial charge >= 0.3 is 5.69 Å². The lowest BCUT2D eigenvalue weighted by molar-refractivity contribution is -0.386. The Labute approximate surface area is 121 Å². The molecular weight excluding hydrogens is 272 g/mol. The molecule has 0 aromatic heterocycles. The first-order chi connectivity index (χ1) is 10.0. The summed E-state index contributed by atoms with van der Waals surface area (Å²) in [4.78, 5) is 10.4. The summed E-state index contributed by atoms with van der Waals surface area (Å²) in [7, 11) is 0. The third-order valence-corrected chi connectivity index (χ3v) is 3.22. The SMILES string of the molecule is N[C@@H](CO)c1cc(Cc2ccccc2)cc([N+](=O)[O-])c1O. The quantitative estimate of drug-likeness (QED) is 0.575. The fraction of sp³-hybridized carbons (Fsp3) is 0.200. The summed E-state index contributed by atoms with van der Waals surface area (Å²) in [5.41, 5.74) is 7.12. The first-order valence-electron chi connectivity index (χ1n) is 6.43. The molecule has 0 aliphatic carbocycles. The number of aromatic hydroxyl groups is 1. The number of rotatable bonds is 5. The van der Waals surface area contributed by atoms with Crippen LogP contribution in [0.2, 0.25) is 0 Å². The number of phenolic OH excluding ortho intramolecular Hbond substituents is 1. The summed E-state index contributed by atoms with van der Waals surface area (Å²) in [6, 6.07) is 11.5. The molecular formula is C15H16N2O4. The molecule has 2 aromatic rings. The number of nitrogens with zero attached hydrogens (tertiary/aromatic N) is 1. The average molecular weight is 288 g/mol. The highest BCUT2D eigenvalue weighted by Gasteiger charge is 2.22. The van der Waals surface area contributed by atoms with Crippen LogP contribution in [0.5, 0.6) is 5.75 Å². The molecule has 2 rings (SSSR count). The van der Waals surface area contributed by atoms with E-state index >= 15 is 0 Å². The van der Waals surface area contributed by atoms with Crippen molar-refractivity contribution >= 4 is 5.69 Å². The number of nitrogens with two attached hydrogens (primary N) is 1. The highest BCUT2D eigenvalue weighted by atomic mass is 16.6. The van der Waals surface area contributed by atoms with E-state index in [1.807, 2.05) is 30.3 Å². The maximum atomic E-state index is 11.0. The highest BCUT2D eigenvalue weighted by Crippen LogP contribution is 2.34. The van der Waals surface area contributed by atoms with Gasteiger partial charge in [-0.3, -0.25) is 10.1 Å². The van der Waals surface area contributed by atoms with Gasteiger partial charge in [-0.1, -0.05) is 30.3 Å². The molecule has 0 saturated carbocycles. The second kappa shape index (κ2) is 6.34. The van der Waals surface area contributed by atoms with Gasteiger partial charge in [0.15, 0.2) is 5.75 Å². The first-order valence-corrected chi connectivity index (χ1v) is 6.43. The number of hydrogen-bond acceptors (Lipinski definition) is 5. The Morgan fingerprint density at radius 2 is 1.86 bits per heavy atom. The fourth-order valence-corrected chi connectivity index (χ4v) is 2.16. The minimum atomic E-state index is -0.862. The molecule has 0 fully saturated rings. The maximum Gasteiger partial charge on any atom is 0.311 e. The summed E-state index contributed by atoms with van der Waals surface area (Å²) in [5.74, 6) is -0.488. The van der Waals surface area contributed by atoms with E-state index in [0.717, 1.165) is 5.56 Å². The van der Waals surface area contributed by atoms with Crippen LogP contribution in [0.25, 0.3) is 0 Å². The van der Waals surface area contributed by atoms with Crippen LogP contribution in [-0.2, 0) is 6.42 Å². The van der Waals surface area contributed by atoms with Crippen LogP contribution in [0, 0.1) is 10.1 Å². The standard InChI is InChI=1S/C15H16N2O4/c16-13(9-18)12-7-11(6-10-4-2-1-3-5-10)8-14(15(12)19)17(20)21/h1-5,7-8,13,18-19H,6,9,16H2/t13-/m0/s1.